The van der Waals surface area contributed by atoms with Crippen molar-refractivity contribution >= 4 is 11.9 Å². The molecule has 1 aliphatic heterocycles. The number of allylic oxidation sites excluding steroid dienone is 2. The number of likely N-dealkylation sites (tertiary alicyclic amines) is 1. The van der Waals surface area contributed by atoms with Crippen LogP contribution < -0.4 is 0 Å². The van der Waals surface area contributed by atoms with Gasteiger partial charge in [-0.25, -0.2) is 0 Å². The van der Waals surface area contributed by atoms with E-state index in [4.69, 9.17) is 0 Å². The minimum atomic E-state index is -0.801. The SMILES string of the molecule is CCCC1CCN(C(=O)[C@H]2C3C=CC(C3)[C@H]2C(=O)O)C1. The van der Waals surface area contributed by atoms with Gasteiger partial charge in [0.05, 0.1) is 11.8 Å². The average Bonchev–Trinajstić information content (AvgIpc) is 3.12. The van der Waals surface area contributed by atoms with E-state index in [9.17, 15) is 14.7 Å². The highest BCUT2D eigenvalue weighted by Gasteiger charge is 2.52. The number of carbonyl (C=O) groups is 2. The maximum absolute atomic E-state index is 12.7. The number of fused-ring (bicyclic) bond motifs is 2. The van der Waals surface area contributed by atoms with Gasteiger partial charge < -0.3 is 10.0 Å². The first-order valence-electron chi connectivity index (χ1n) is 7.81. The van der Waals surface area contributed by atoms with E-state index < -0.39 is 11.9 Å². The number of hydrogen-bond acceptors (Lipinski definition) is 2. The predicted octanol–water partition coefficient (Wildman–Crippen LogP) is 2.16. The van der Waals surface area contributed by atoms with Crippen molar-refractivity contribution in [1.29, 1.82) is 0 Å². The maximum atomic E-state index is 12.7. The number of carbonyl (C=O) groups excluding carboxylic acids is 1. The summed E-state index contributed by atoms with van der Waals surface area (Å²) in [6.45, 7) is 3.82. The summed E-state index contributed by atoms with van der Waals surface area (Å²) in [6, 6.07) is 0. The van der Waals surface area contributed by atoms with Crippen LogP contribution in [0.2, 0.25) is 0 Å². The smallest absolute Gasteiger partial charge is 0.307 e. The highest BCUT2D eigenvalue weighted by molar-refractivity contribution is 5.87. The molecule has 4 nitrogen and oxygen atoms in total. The molecule has 0 aromatic heterocycles. The number of amides is 1. The molecule has 1 saturated heterocycles. The third kappa shape index (κ3) is 2.15. The maximum Gasteiger partial charge on any atom is 0.307 e. The number of nitrogens with zero attached hydrogens (tertiary/aromatic N) is 1. The second-order valence-electron chi connectivity index (χ2n) is 6.57. The number of aliphatic carboxylic acids is 1. The van der Waals surface area contributed by atoms with Crippen LogP contribution in [-0.4, -0.2) is 35.0 Å². The molecule has 20 heavy (non-hydrogen) atoms. The van der Waals surface area contributed by atoms with E-state index in [2.05, 4.69) is 13.0 Å². The standard InChI is InChI=1S/C16H23NO3/c1-2-3-10-6-7-17(9-10)15(18)13-11-4-5-12(8-11)14(13)16(19)20/h4-5,10-14H,2-3,6-9H2,1H3,(H,19,20)/t10?,11?,12?,13-,14+/m0/s1. The Morgan fingerprint density at radius 3 is 2.60 bits per heavy atom. The lowest BCUT2D eigenvalue weighted by Gasteiger charge is -2.28. The summed E-state index contributed by atoms with van der Waals surface area (Å²) in [5.74, 6) is -0.691. The first-order valence-corrected chi connectivity index (χ1v) is 7.81. The van der Waals surface area contributed by atoms with Crippen LogP contribution in [0.25, 0.3) is 0 Å². The molecule has 1 amide bonds. The zero-order valence-corrected chi connectivity index (χ0v) is 12.0. The van der Waals surface area contributed by atoms with Crippen LogP contribution in [0.3, 0.4) is 0 Å². The quantitative estimate of drug-likeness (QED) is 0.801. The van der Waals surface area contributed by atoms with E-state index in [1.54, 1.807) is 0 Å². The number of hydrogen-bond donors (Lipinski definition) is 1. The van der Waals surface area contributed by atoms with Gasteiger partial charge in [0.25, 0.3) is 0 Å². The van der Waals surface area contributed by atoms with Crippen molar-refractivity contribution in [2.24, 2.45) is 29.6 Å². The molecule has 2 fully saturated rings. The van der Waals surface area contributed by atoms with Crippen LogP contribution in [0, 0.1) is 29.6 Å². The van der Waals surface area contributed by atoms with Crippen molar-refractivity contribution in [3.63, 3.8) is 0 Å². The Kier molecular flexibility index (Phi) is 3.57. The minimum Gasteiger partial charge on any atom is -0.481 e. The minimum absolute atomic E-state index is 0.0699. The molecular formula is C16H23NO3. The summed E-state index contributed by atoms with van der Waals surface area (Å²) in [4.78, 5) is 26.1. The Labute approximate surface area is 119 Å². The number of rotatable bonds is 4. The molecular weight excluding hydrogens is 254 g/mol. The molecule has 0 spiro atoms. The normalized spacial score (nSPS) is 38.6. The molecule has 1 heterocycles. The lowest BCUT2D eigenvalue weighted by molar-refractivity contribution is -0.150. The Morgan fingerprint density at radius 2 is 1.95 bits per heavy atom. The van der Waals surface area contributed by atoms with Gasteiger partial charge >= 0.3 is 5.97 Å². The molecule has 110 valence electrons. The van der Waals surface area contributed by atoms with Crippen molar-refractivity contribution in [3.8, 4) is 0 Å². The molecule has 3 unspecified atom stereocenters. The van der Waals surface area contributed by atoms with Gasteiger partial charge in [-0.15, -0.1) is 0 Å². The predicted molar refractivity (Wildman–Crippen MR) is 74.9 cm³/mol. The second kappa shape index (κ2) is 5.23. The number of carboxylic acid groups (broad SMARTS) is 1. The molecule has 5 atom stereocenters. The van der Waals surface area contributed by atoms with Gasteiger partial charge in [0.1, 0.15) is 0 Å². The highest BCUT2D eigenvalue weighted by atomic mass is 16.4. The van der Waals surface area contributed by atoms with Crippen molar-refractivity contribution in [2.75, 3.05) is 13.1 Å². The van der Waals surface area contributed by atoms with Gasteiger partial charge in [0, 0.05) is 13.1 Å². The van der Waals surface area contributed by atoms with Crippen molar-refractivity contribution in [1.82, 2.24) is 4.90 Å². The summed E-state index contributed by atoms with van der Waals surface area (Å²) >= 11 is 0. The summed E-state index contributed by atoms with van der Waals surface area (Å²) in [5, 5.41) is 9.43. The molecule has 3 rings (SSSR count). The van der Waals surface area contributed by atoms with Gasteiger partial charge in [-0.05, 0) is 37.0 Å². The van der Waals surface area contributed by atoms with E-state index >= 15 is 0 Å². The van der Waals surface area contributed by atoms with Crippen LogP contribution in [0.4, 0.5) is 0 Å². The van der Waals surface area contributed by atoms with E-state index in [0.717, 1.165) is 32.4 Å². The van der Waals surface area contributed by atoms with Crippen molar-refractivity contribution < 1.29 is 14.7 Å². The van der Waals surface area contributed by atoms with Gasteiger partial charge in [0.15, 0.2) is 0 Å². The van der Waals surface area contributed by atoms with Crippen LogP contribution in [0.1, 0.15) is 32.6 Å². The zero-order chi connectivity index (χ0) is 14.3. The zero-order valence-electron chi connectivity index (χ0n) is 12.0. The fourth-order valence-electron chi connectivity index (χ4n) is 4.38. The van der Waals surface area contributed by atoms with E-state index in [1.807, 2.05) is 11.0 Å². The molecule has 0 radical (unpaired) electrons. The van der Waals surface area contributed by atoms with Crippen molar-refractivity contribution in [2.45, 2.75) is 32.6 Å². The highest BCUT2D eigenvalue weighted by Crippen LogP contribution is 2.49. The van der Waals surface area contributed by atoms with Crippen LogP contribution in [0.5, 0.6) is 0 Å². The third-order valence-electron chi connectivity index (χ3n) is 5.32. The molecule has 0 aromatic carbocycles. The Hall–Kier alpha value is -1.32. The van der Waals surface area contributed by atoms with E-state index in [0.29, 0.717) is 5.92 Å². The molecule has 0 aromatic rings. The largest absolute Gasteiger partial charge is 0.481 e. The summed E-state index contributed by atoms with van der Waals surface area (Å²) in [5.41, 5.74) is 0. The molecule has 2 aliphatic carbocycles. The van der Waals surface area contributed by atoms with E-state index in [1.165, 1.54) is 6.42 Å². The Bertz CT molecular complexity index is 445. The van der Waals surface area contributed by atoms with Gasteiger partial charge in [-0.1, -0.05) is 25.5 Å². The number of carboxylic acids is 1. The average molecular weight is 277 g/mol. The summed E-state index contributed by atoms with van der Waals surface area (Å²) in [6.07, 6.45) is 8.31. The van der Waals surface area contributed by atoms with Gasteiger partial charge in [-0.3, -0.25) is 9.59 Å². The fraction of sp³-hybridized carbons (Fsp3) is 0.750. The molecule has 4 heteroatoms. The van der Waals surface area contributed by atoms with Crippen LogP contribution >= 0.6 is 0 Å². The van der Waals surface area contributed by atoms with Crippen molar-refractivity contribution in [3.05, 3.63) is 12.2 Å². The molecule has 3 aliphatic rings. The fourth-order valence-corrected chi connectivity index (χ4v) is 4.38. The first kappa shape index (κ1) is 13.7. The van der Waals surface area contributed by atoms with Gasteiger partial charge in [0.2, 0.25) is 5.91 Å². The monoisotopic (exact) mass is 277 g/mol. The van der Waals surface area contributed by atoms with E-state index in [-0.39, 0.29) is 23.7 Å². The Balaban J connectivity index is 1.71. The van der Waals surface area contributed by atoms with Crippen LogP contribution in [0.15, 0.2) is 12.2 Å². The molecule has 1 saturated carbocycles. The molecule has 2 bridgehead atoms. The lowest BCUT2D eigenvalue weighted by atomic mass is 9.82. The second-order valence-corrected chi connectivity index (χ2v) is 6.57. The van der Waals surface area contributed by atoms with Crippen LogP contribution in [-0.2, 0) is 9.59 Å². The first-order chi connectivity index (χ1) is 9.61. The van der Waals surface area contributed by atoms with Gasteiger partial charge in [-0.2, -0.15) is 0 Å². The summed E-state index contributed by atoms with van der Waals surface area (Å²) < 4.78 is 0. The third-order valence-corrected chi connectivity index (χ3v) is 5.32. The molecule has 1 N–H and O–H groups in total. The summed E-state index contributed by atoms with van der Waals surface area (Å²) in [7, 11) is 0. The Morgan fingerprint density at radius 1 is 1.25 bits per heavy atom. The topological polar surface area (TPSA) is 57.6 Å². The lowest BCUT2D eigenvalue weighted by Crippen LogP contribution is -2.42.